The lowest BCUT2D eigenvalue weighted by molar-refractivity contribution is -0.130. The van der Waals surface area contributed by atoms with E-state index in [4.69, 9.17) is 14.5 Å². The maximum absolute atomic E-state index is 12.4. The van der Waals surface area contributed by atoms with E-state index in [1.165, 1.54) is 0 Å². The Morgan fingerprint density at radius 3 is 2.76 bits per heavy atom. The Bertz CT molecular complexity index is 1010. The van der Waals surface area contributed by atoms with Gasteiger partial charge < -0.3 is 14.2 Å². The number of amides is 1. The van der Waals surface area contributed by atoms with Crippen molar-refractivity contribution in [1.29, 1.82) is 5.26 Å². The summed E-state index contributed by atoms with van der Waals surface area (Å²) >= 11 is 0. The lowest BCUT2D eigenvalue weighted by Gasteiger charge is -2.17. The number of nitriles is 1. The number of ether oxygens (including phenoxy) is 1. The second-order valence-corrected chi connectivity index (χ2v) is 6.53. The van der Waals surface area contributed by atoms with E-state index in [2.05, 4.69) is 16.2 Å². The predicted octanol–water partition coefficient (Wildman–Crippen LogP) is 3.60. The van der Waals surface area contributed by atoms with Gasteiger partial charge in [-0.2, -0.15) is 10.2 Å². The normalized spacial score (nSPS) is 10.4. The van der Waals surface area contributed by atoms with Crippen molar-refractivity contribution < 1.29 is 14.1 Å². The summed E-state index contributed by atoms with van der Waals surface area (Å²) in [5, 5.41) is 13.0. The quantitative estimate of drug-likeness (QED) is 0.583. The van der Waals surface area contributed by atoms with Gasteiger partial charge in [-0.1, -0.05) is 17.3 Å². The first kappa shape index (κ1) is 20.1. The molecule has 1 heterocycles. The highest BCUT2D eigenvalue weighted by Crippen LogP contribution is 2.20. The summed E-state index contributed by atoms with van der Waals surface area (Å²) in [6.07, 6.45) is 0.630. The van der Waals surface area contributed by atoms with Gasteiger partial charge in [0.15, 0.2) is 0 Å². The Hall–Kier alpha value is -3.66. The van der Waals surface area contributed by atoms with Crippen LogP contribution in [0.15, 0.2) is 53.1 Å². The third kappa shape index (κ3) is 5.42. The fourth-order valence-corrected chi connectivity index (χ4v) is 2.85. The molecule has 7 heteroatoms. The highest BCUT2D eigenvalue weighted by Gasteiger charge is 2.14. The second kappa shape index (κ2) is 9.51. The summed E-state index contributed by atoms with van der Waals surface area (Å²) in [6, 6.07) is 16.8. The Morgan fingerprint density at radius 2 is 2.03 bits per heavy atom. The van der Waals surface area contributed by atoms with Gasteiger partial charge >= 0.3 is 0 Å². The molecular weight excluding hydrogens is 368 g/mol. The first-order valence-corrected chi connectivity index (χ1v) is 9.38. The van der Waals surface area contributed by atoms with Crippen LogP contribution >= 0.6 is 0 Å². The predicted molar refractivity (Wildman–Crippen MR) is 107 cm³/mol. The average Bonchev–Trinajstić information content (AvgIpc) is 3.22. The molecule has 1 aromatic heterocycles. The molecule has 0 fully saturated rings. The number of nitrogens with zero attached hydrogens (tertiary/aromatic N) is 4. The molecule has 0 radical (unpaired) electrons. The number of hydrogen-bond donors (Lipinski definition) is 0. The van der Waals surface area contributed by atoms with E-state index in [1.807, 2.05) is 43.3 Å². The van der Waals surface area contributed by atoms with E-state index in [0.717, 1.165) is 16.9 Å². The van der Waals surface area contributed by atoms with Crippen LogP contribution in [0, 0.1) is 11.3 Å². The van der Waals surface area contributed by atoms with Crippen LogP contribution in [-0.4, -0.2) is 34.6 Å². The molecule has 0 N–H and O–H groups in total. The maximum atomic E-state index is 12.4. The van der Waals surface area contributed by atoms with E-state index >= 15 is 0 Å². The van der Waals surface area contributed by atoms with Gasteiger partial charge in [-0.15, -0.1) is 0 Å². The SMILES string of the molecule is CCOc1ccc(-c2noc(CCC(=O)N(C)Cc3cccc(C#N)c3)n2)cc1. The summed E-state index contributed by atoms with van der Waals surface area (Å²) < 4.78 is 10.7. The summed E-state index contributed by atoms with van der Waals surface area (Å²) in [5.74, 6) is 1.65. The zero-order chi connectivity index (χ0) is 20.6. The fraction of sp³-hybridized carbons (Fsp3) is 0.273. The lowest BCUT2D eigenvalue weighted by Crippen LogP contribution is -2.26. The molecule has 0 atom stereocenters. The average molecular weight is 390 g/mol. The Balaban J connectivity index is 1.54. The largest absolute Gasteiger partial charge is 0.494 e. The van der Waals surface area contributed by atoms with E-state index in [9.17, 15) is 4.79 Å². The molecule has 0 bridgehead atoms. The topological polar surface area (TPSA) is 92.3 Å². The third-order valence-electron chi connectivity index (χ3n) is 4.35. The van der Waals surface area contributed by atoms with Gasteiger partial charge in [-0.25, -0.2) is 0 Å². The fourth-order valence-electron chi connectivity index (χ4n) is 2.85. The minimum absolute atomic E-state index is 0.0341. The van der Waals surface area contributed by atoms with E-state index in [-0.39, 0.29) is 12.3 Å². The van der Waals surface area contributed by atoms with E-state index in [1.54, 1.807) is 24.1 Å². The second-order valence-electron chi connectivity index (χ2n) is 6.53. The van der Waals surface area contributed by atoms with Crippen LogP contribution in [0.2, 0.25) is 0 Å². The number of carbonyl (C=O) groups is 1. The van der Waals surface area contributed by atoms with Gasteiger partial charge in [0.25, 0.3) is 0 Å². The standard InChI is InChI=1S/C22H22N4O3/c1-3-28-19-9-7-18(8-10-19)22-24-20(29-25-22)11-12-21(27)26(2)15-17-6-4-5-16(13-17)14-23/h4-10,13H,3,11-12,15H2,1-2H3. The molecule has 3 rings (SSSR count). The molecule has 2 aromatic carbocycles. The first-order valence-electron chi connectivity index (χ1n) is 9.38. The molecule has 7 nitrogen and oxygen atoms in total. The maximum Gasteiger partial charge on any atom is 0.227 e. The molecule has 0 unspecified atom stereocenters. The minimum atomic E-state index is -0.0341. The lowest BCUT2D eigenvalue weighted by atomic mass is 10.1. The molecule has 3 aromatic rings. The van der Waals surface area contributed by atoms with Gasteiger partial charge in [0.05, 0.1) is 18.2 Å². The number of benzene rings is 2. The van der Waals surface area contributed by atoms with Gasteiger partial charge in [0.2, 0.25) is 17.6 Å². The molecule has 0 aliphatic heterocycles. The Morgan fingerprint density at radius 1 is 1.24 bits per heavy atom. The van der Waals surface area contributed by atoms with Crippen LogP contribution in [0.25, 0.3) is 11.4 Å². The monoisotopic (exact) mass is 390 g/mol. The molecule has 0 spiro atoms. The highest BCUT2D eigenvalue weighted by atomic mass is 16.5. The molecule has 148 valence electrons. The van der Waals surface area contributed by atoms with Crippen molar-refractivity contribution in [2.75, 3.05) is 13.7 Å². The molecule has 0 aliphatic rings. The van der Waals surface area contributed by atoms with Crippen molar-refractivity contribution in [2.45, 2.75) is 26.3 Å². The van der Waals surface area contributed by atoms with Gasteiger partial charge in [-0.3, -0.25) is 4.79 Å². The minimum Gasteiger partial charge on any atom is -0.494 e. The van der Waals surface area contributed by atoms with Crippen LogP contribution in [-0.2, 0) is 17.8 Å². The Kier molecular flexibility index (Phi) is 6.59. The van der Waals surface area contributed by atoms with Gasteiger partial charge in [-0.05, 0) is 48.9 Å². The zero-order valence-electron chi connectivity index (χ0n) is 16.5. The molecular formula is C22H22N4O3. The number of rotatable bonds is 8. The van der Waals surface area contributed by atoms with Crippen LogP contribution in [0.1, 0.15) is 30.4 Å². The van der Waals surface area contributed by atoms with E-state index < -0.39 is 0 Å². The number of hydrogen-bond acceptors (Lipinski definition) is 6. The van der Waals surface area contributed by atoms with Crippen molar-refractivity contribution in [3.05, 3.63) is 65.5 Å². The molecule has 0 saturated carbocycles. The van der Waals surface area contributed by atoms with Crippen molar-refractivity contribution in [3.8, 4) is 23.2 Å². The zero-order valence-corrected chi connectivity index (χ0v) is 16.5. The molecule has 29 heavy (non-hydrogen) atoms. The summed E-state index contributed by atoms with van der Waals surface area (Å²) in [7, 11) is 1.74. The van der Waals surface area contributed by atoms with E-state index in [0.29, 0.717) is 36.9 Å². The van der Waals surface area contributed by atoms with Crippen LogP contribution < -0.4 is 4.74 Å². The van der Waals surface area contributed by atoms with Crippen LogP contribution in [0.4, 0.5) is 0 Å². The summed E-state index contributed by atoms with van der Waals surface area (Å²) in [5.41, 5.74) is 2.32. The molecule has 0 saturated heterocycles. The smallest absolute Gasteiger partial charge is 0.227 e. The van der Waals surface area contributed by atoms with Crippen molar-refractivity contribution in [2.24, 2.45) is 0 Å². The highest BCUT2D eigenvalue weighted by molar-refractivity contribution is 5.76. The van der Waals surface area contributed by atoms with Crippen molar-refractivity contribution in [3.63, 3.8) is 0 Å². The van der Waals surface area contributed by atoms with Crippen molar-refractivity contribution in [1.82, 2.24) is 15.0 Å². The van der Waals surface area contributed by atoms with Gasteiger partial charge in [0, 0.05) is 32.0 Å². The van der Waals surface area contributed by atoms with Crippen LogP contribution in [0.5, 0.6) is 5.75 Å². The number of aromatic nitrogens is 2. The van der Waals surface area contributed by atoms with Crippen molar-refractivity contribution >= 4 is 5.91 Å². The Labute approximate surface area is 169 Å². The third-order valence-corrected chi connectivity index (χ3v) is 4.35. The summed E-state index contributed by atoms with van der Waals surface area (Å²) in [4.78, 5) is 18.4. The summed E-state index contributed by atoms with van der Waals surface area (Å²) in [6.45, 7) is 2.98. The first-order chi connectivity index (χ1) is 14.1. The van der Waals surface area contributed by atoms with Crippen LogP contribution in [0.3, 0.4) is 0 Å². The molecule has 1 amide bonds. The number of aryl methyl sites for hydroxylation is 1. The van der Waals surface area contributed by atoms with Gasteiger partial charge in [0.1, 0.15) is 5.75 Å². The number of carbonyl (C=O) groups excluding carboxylic acids is 1. The molecule has 0 aliphatic carbocycles.